The first-order valence-electron chi connectivity index (χ1n) is 6.67. The first-order valence-corrected chi connectivity index (χ1v) is 6.67. The van der Waals surface area contributed by atoms with E-state index in [0.717, 1.165) is 44.3 Å². The second kappa shape index (κ2) is 5.59. The van der Waals surface area contributed by atoms with Crippen molar-refractivity contribution >= 4 is 11.6 Å². The van der Waals surface area contributed by atoms with Crippen LogP contribution >= 0.6 is 0 Å². The van der Waals surface area contributed by atoms with Crippen LogP contribution in [0.25, 0.3) is 0 Å². The molecule has 2 heterocycles. The first-order chi connectivity index (χ1) is 9.34. The molecule has 5 nitrogen and oxygen atoms in total. The van der Waals surface area contributed by atoms with Crippen molar-refractivity contribution in [3.8, 4) is 5.75 Å². The smallest absolute Gasteiger partial charge is 0.265 e. The van der Waals surface area contributed by atoms with Gasteiger partial charge in [-0.2, -0.15) is 0 Å². The Kier molecular flexibility index (Phi) is 3.66. The number of hydrogen-bond donors (Lipinski definition) is 0. The van der Waals surface area contributed by atoms with E-state index in [1.165, 1.54) is 0 Å². The molecule has 2 aliphatic rings. The summed E-state index contributed by atoms with van der Waals surface area (Å²) in [4.78, 5) is 16.1. The Morgan fingerprint density at radius 1 is 1.11 bits per heavy atom. The fourth-order valence-corrected chi connectivity index (χ4v) is 2.47. The van der Waals surface area contributed by atoms with Crippen LogP contribution in [0.4, 0.5) is 5.69 Å². The molecule has 1 aromatic carbocycles. The van der Waals surface area contributed by atoms with Crippen molar-refractivity contribution in [2.75, 3.05) is 50.9 Å². The Hall–Kier alpha value is -1.59. The maximum absolute atomic E-state index is 12.0. The van der Waals surface area contributed by atoms with Crippen molar-refractivity contribution in [2.45, 2.75) is 0 Å². The Balaban J connectivity index is 1.67. The van der Waals surface area contributed by atoms with Gasteiger partial charge in [0.2, 0.25) is 0 Å². The van der Waals surface area contributed by atoms with Crippen LogP contribution in [0, 0.1) is 0 Å². The van der Waals surface area contributed by atoms with Gasteiger partial charge in [-0.25, -0.2) is 0 Å². The summed E-state index contributed by atoms with van der Waals surface area (Å²) >= 11 is 0. The summed E-state index contributed by atoms with van der Waals surface area (Å²) in [5, 5.41) is 0. The molecule has 0 aromatic heterocycles. The van der Waals surface area contributed by atoms with E-state index in [1.807, 2.05) is 29.2 Å². The highest BCUT2D eigenvalue weighted by Gasteiger charge is 2.25. The second-order valence-electron chi connectivity index (χ2n) is 4.76. The van der Waals surface area contributed by atoms with E-state index in [1.54, 1.807) is 0 Å². The maximum Gasteiger partial charge on any atom is 0.265 e. The lowest BCUT2D eigenvalue weighted by atomic mass is 10.2. The maximum atomic E-state index is 12.0. The van der Waals surface area contributed by atoms with Crippen molar-refractivity contribution in [2.24, 2.45) is 0 Å². The van der Waals surface area contributed by atoms with Gasteiger partial charge < -0.3 is 14.4 Å². The van der Waals surface area contributed by atoms with Gasteiger partial charge in [-0.3, -0.25) is 9.69 Å². The molecule has 3 rings (SSSR count). The number of benzene rings is 1. The number of carbonyl (C=O) groups is 1. The molecule has 0 bridgehead atoms. The number of para-hydroxylation sites is 2. The van der Waals surface area contributed by atoms with E-state index < -0.39 is 0 Å². The summed E-state index contributed by atoms with van der Waals surface area (Å²) in [6.07, 6.45) is 0. The zero-order valence-corrected chi connectivity index (χ0v) is 10.9. The Morgan fingerprint density at radius 2 is 1.89 bits per heavy atom. The number of amides is 1. The molecule has 1 aromatic rings. The van der Waals surface area contributed by atoms with E-state index in [4.69, 9.17) is 9.47 Å². The van der Waals surface area contributed by atoms with E-state index in [9.17, 15) is 4.79 Å². The molecule has 1 saturated heterocycles. The lowest BCUT2D eigenvalue weighted by Gasteiger charge is -2.32. The molecule has 0 unspecified atom stereocenters. The molecule has 19 heavy (non-hydrogen) atoms. The number of hydrogen-bond acceptors (Lipinski definition) is 4. The molecule has 0 aliphatic carbocycles. The van der Waals surface area contributed by atoms with Crippen LogP contribution in [0.2, 0.25) is 0 Å². The summed E-state index contributed by atoms with van der Waals surface area (Å²) in [5.41, 5.74) is 0.881. The summed E-state index contributed by atoms with van der Waals surface area (Å²) in [7, 11) is 0. The molecule has 0 saturated carbocycles. The zero-order valence-electron chi connectivity index (χ0n) is 10.9. The lowest BCUT2D eigenvalue weighted by molar-refractivity contribution is -0.121. The lowest BCUT2D eigenvalue weighted by Crippen LogP contribution is -2.45. The van der Waals surface area contributed by atoms with Crippen LogP contribution in [-0.4, -0.2) is 56.8 Å². The van der Waals surface area contributed by atoms with Gasteiger partial charge in [0, 0.05) is 26.2 Å². The zero-order chi connectivity index (χ0) is 13.1. The number of ether oxygens (including phenoxy) is 2. The van der Waals surface area contributed by atoms with Crippen molar-refractivity contribution in [3.05, 3.63) is 24.3 Å². The van der Waals surface area contributed by atoms with Crippen LogP contribution in [0.5, 0.6) is 5.75 Å². The Labute approximate surface area is 112 Å². The Morgan fingerprint density at radius 3 is 2.74 bits per heavy atom. The number of anilines is 1. The van der Waals surface area contributed by atoms with Crippen LogP contribution in [0.15, 0.2) is 24.3 Å². The minimum Gasteiger partial charge on any atom is -0.482 e. The van der Waals surface area contributed by atoms with Crippen molar-refractivity contribution < 1.29 is 14.3 Å². The molecule has 1 fully saturated rings. The van der Waals surface area contributed by atoms with Crippen molar-refractivity contribution in [3.63, 3.8) is 0 Å². The van der Waals surface area contributed by atoms with E-state index >= 15 is 0 Å². The third-order valence-corrected chi connectivity index (χ3v) is 3.55. The van der Waals surface area contributed by atoms with Crippen LogP contribution in [0.1, 0.15) is 0 Å². The molecular formula is C14H18N2O3. The molecule has 0 N–H and O–H groups in total. The largest absolute Gasteiger partial charge is 0.482 e. The minimum atomic E-state index is 0.0342. The highest BCUT2D eigenvalue weighted by Crippen LogP contribution is 2.31. The fourth-order valence-electron chi connectivity index (χ4n) is 2.47. The van der Waals surface area contributed by atoms with Gasteiger partial charge >= 0.3 is 0 Å². The molecule has 1 amide bonds. The summed E-state index contributed by atoms with van der Waals surface area (Å²) in [6, 6.07) is 7.70. The molecule has 0 spiro atoms. The van der Waals surface area contributed by atoms with Gasteiger partial charge in [-0.05, 0) is 12.1 Å². The predicted molar refractivity (Wildman–Crippen MR) is 71.5 cm³/mol. The van der Waals surface area contributed by atoms with Crippen molar-refractivity contribution in [1.82, 2.24) is 4.90 Å². The quantitative estimate of drug-likeness (QED) is 0.806. The number of morpholine rings is 1. The summed E-state index contributed by atoms with van der Waals surface area (Å²) < 4.78 is 10.8. The third-order valence-electron chi connectivity index (χ3n) is 3.55. The van der Waals surface area contributed by atoms with Crippen molar-refractivity contribution in [1.29, 1.82) is 0 Å². The number of carbonyl (C=O) groups excluding carboxylic acids is 1. The van der Waals surface area contributed by atoms with E-state index in [-0.39, 0.29) is 12.5 Å². The standard InChI is InChI=1S/C14H18N2O3/c17-14-11-19-13-4-2-1-3-12(13)16(14)6-5-15-7-9-18-10-8-15/h1-4H,5-11H2. The monoisotopic (exact) mass is 262 g/mol. The topological polar surface area (TPSA) is 42.0 Å². The molecule has 0 atom stereocenters. The van der Waals surface area contributed by atoms with E-state index in [2.05, 4.69) is 4.90 Å². The fraction of sp³-hybridized carbons (Fsp3) is 0.500. The van der Waals surface area contributed by atoms with Gasteiger partial charge in [0.05, 0.1) is 18.9 Å². The van der Waals surface area contributed by atoms with Gasteiger partial charge in [0.1, 0.15) is 5.75 Å². The average Bonchev–Trinajstić information content (AvgIpc) is 2.47. The predicted octanol–water partition coefficient (Wildman–Crippen LogP) is 0.744. The summed E-state index contributed by atoms with van der Waals surface area (Å²) in [5.74, 6) is 0.830. The van der Waals surface area contributed by atoms with Gasteiger partial charge in [0.25, 0.3) is 5.91 Å². The average molecular weight is 262 g/mol. The SMILES string of the molecule is O=C1COc2ccccc2N1CCN1CCOCC1. The van der Waals surface area contributed by atoms with Gasteiger partial charge in [-0.1, -0.05) is 12.1 Å². The normalized spacial score (nSPS) is 20.0. The number of rotatable bonds is 3. The van der Waals surface area contributed by atoms with Crippen LogP contribution < -0.4 is 9.64 Å². The number of nitrogens with zero attached hydrogens (tertiary/aromatic N) is 2. The van der Waals surface area contributed by atoms with Crippen LogP contribution in [-0.2, 0) is 9.53 Å². The molecule has 102 valence electrons. The molecular weight excluding hydrogens is 244 g/mol. The summed E-state index contributed by atoms with van der Waals surface area (Å²) in [6.45, 7) is 5.18. The first kappa shape index (κ1) is 12.4. The second-order valence-corrected chi connectivity index (χ2v) is 4.76. The van der Waals surface area contributed by atoms with E-state index in [0.29, 0.717) is 6.54 Å². The minimum absolute atomic E-state index is 0.0342. The molecule has 5 heteroatoms. The molecule has 2 aliphatic heterocycles. The number of fused-ring (bicyclic) bond motifs is 1. The van der Waals surface area contributed by atoms with Crippen LogP contribution in [0.3, 0.4) is 0 Å². The third kappa shape index (κ3) is 2.72. The Bertz CT molecular complexity index is 458. The highest BCUT2D eigenvalue weighted by atomic mass is 16.5. The molecule has 0 radical (unpaired) electrons. The van der Waals surface area contributed by atoms with Gasteiger partial charge in [-0.15, -0.1) is 0 Å². The highest BCUT2D eigenvalue weighted by molar-refractivity contribution is 5.97. The van der Waals surface area contributed by atoms with Gasteiger partial charge in [0.15, 0.2) is 6.61 Å².